The van der Waals surface area contributed by atoms with Gasteiger partial charge in [0.15, 0.2) is 6.61 Å². The van der Waals surface area contributed by atoms with Gasteiger partial charge in [-0.1, -0.05) is 72.8 Å². The van der Waals surface area contributed by atoms with Crippen molar-refractivity contribution >= 4 is 29.4 Å². The number of carbonyl (C=O) groups excluding carboxylic acids is 4. The molecule has 0 unspecified atom stereocenters. The number of carbonyl (C=O) groups is 4. The van der Waals surface area contributed by atoms with E-state index in [9.17, 15) is 19.2 Å². The van der Waals surface area contributed by atoms with Gasteiger partial charge in [0.1, 0.15) is 0 Å². The van der Waals surface area contributed by atoms with E-state index >= 15 is 0 Å². The van der Waals surface area contributed by atoms with Crippen LogP contribution in [0, 0.1) is 0 Å². The molecule has 37 heavy (non-hydrogen) atoms. The van der Waals surface area contributed by atoms with Crippen LogP contribution in [-0.4, -0.2) is 35.2 Å². The summed E-state index contributed by atoms with van der Waals surface area (Å²) in [7, 11) is 0. The van der Waals surface area contributed by atoms with Gasteiger partial charge >= 0.3 is 5.97 Å². The fourth-order valence-corrected chi connectivity index (χ4v) is 4.22. The lowest BCUT2D eigenvalue weighted by molar-refractivity contribution is -0.119. The third-order valence-corrected chi connectivity index (χ3v) is 6.00. The van der Waals surface area contributed by atoms with E-state index in [1.165, 1.54) is 0 Å². The van der Waals surface area contributed by atoms with Crippen LogP contribution < -0.4 is 5.32 Å². The van der Waals surface area contributed by atoms with Crippen molar-refractivity contribution in [1.29, 1.82) is 0 Å². The molecule has 5 rings (SSSR count). The molecule has 0 atom stereocenters. The minimum atomic E-state index is -0.685. The van der Waals surface area contributed by atoms with Crippen molar-refractivity contribution in [1.82, 2.24) is 4.90 Å². The summed E-state index contributed by atoms with van der Waals surface area (Å²) in [6.45, 7) is -0.450. The molecular weight excluding hydrogens is 468 g/mol. The van der Waals surface area contributed by atoms with Crippen molar-refractivity contribution in [3.05, 3.63) is 125 Å². The van der Waals surface area contributed by atoms with Gasteiger partial charge in [0.05, 0.1) is 23.2 Å². The van der Waals surface area contributed by atoms with Gasteiger partial charge in [-0.25, -0.2) is 4.79 Å². The number of para-hydroxylation sites is 1. The van der Waals surface area contributed by atoms with Gasteiger partial charge in [0, 0.05) is 11.3 Å². The largest absolute Gasteiger partial charge is 0.452 e. The standard InChI is InChI=1S/C30H22N2O5/c33-27(31-26-16-7-6-13-23(26)21-10-2-1-3-11-21)19-37-30(36)22-12-8-9-20(17-22)18-32-28(34)24-14-4-5-15-25(24)29(32)35/h1-17H,18-19H2,(H,31,33). The summed E-state index contributed by atoms with van der Waals surface area (Å²) in [6, 6.07) is 30.1. The highest BCUT2D eigenvalue weighted by Crippen LogP contribution is 2.27. The van der Waals surface area contributed by atoms with E-state index in [1.54, 1.807) is 54.6 Å². The fourth-order valence-electron chi connectivity index (χ4n) is 4.22. The second-order valence-corrected chi connectivity index (χ2v) is 8.48. The maximum Gasteiger partial charge on any atom is 0.338 e. The van der Waals surface area contributed by atoms with Crippen LogP contribution in [0.1, 0.15) is 36.6 Å². The Labute approximate surface area is 213 Å². The van der Waals surface area contributed by atoms with Crippen LogP contribution in [-0.2, 0) is 16.1 Å². The first-order chi connectivity index (χ1) is 18.0. The number of nitrogens with zero attached hydrogens (tertiary/aromatic N) is 1. The van der Waals surface area contributed by atoms with Crippen LogP contribution in [0.25, 0.3) is 11.1 Å². The Morgan fingerprint density at radius 2 is 1.32 bits per heavy atom. The molecule has 1 aliphatic rings. The van der Waals surface area contributed by atoms with Crippen LogP contribution in [0.15, 0.2) is 103 Å². The van der Waals surface area contributed by atoms with Gasteiger partial charge in [-0.3, -0.25) is 19.3 Å². The van der Waals surface area contributed by atoms with E-state index in [-0.39, 0.29) is 23.9 Å². The van der Waals surface area contributed by atoms with E-state index < -0.39 is 18.5 Å². The lowest BCUT2D eigenvalue weighted by Crippen LogP contribution is -2.29. The zero-order valence-electron chi connectivity index (χ0n) is 19.7. The molecule has 0 spiro atoms. The highest BCUT2D eigenvalue weighted by molar-refractivity contribution is 6.21. The van der Waals surface area contributed by atoms with Crippen molar-refractivity contribution in [2.75, 3.05) is 11.9 Å². The van der Waals surface area contributed by atoms with Crippen molar-refractivity contribution in [2.24, 2.45) is 0 Å². The number of nitrogens with one attached hydrogen (secondary N) is 1. The number of benzene rings is 4. The molecule has 0 radical (unpaired) electrons. The van der Waals surface area contributed by atoms with Gasteiger partial charge < -0.3 is 10.1 Å². The fraction of sp³-hybridized carbons (Fsp3) is 0.0667. The van der Waals surface area contributed by atoms with Gasteiger partial charge in [0.2, 0.25) is 0 Å². The Morgan fingerprint density at radius 3 is 2.03 bits per heavy atom. The molecule has 7 heteroatoms. The lowest BCUT2D eigenvalue weighted by atomic mass is 10.0. The Bertz CT molecular complexity index is 1480. The molecule has 0 fully saturated rings. The number of hydrogen-bond acceptors (Lipinski definition) is 5. The first-order valence-corrected chi connectivity index (χ1v) is 11.7. The molecular formula is C30H22N2O5. The summed E-state index contributed by atoms with van der Waals surface area (Å²) in [5, 5.41) is 2.80. The summed E-state index contributed by atoms with van der Waals surface area (Å²) in [4.78, 5) is 51.6. The van der Waals surface area contributed by atoms with Gasteiger partial charge in [0.25, 0.3) is 17.7 Å². The molecule has 0 bridgehead atoms. The normalized spacial score (nSPS) is 12.3. The van der Waals surface area contributed by atoms with Crippen molar-refractivity contribution in [2.45, 2.75) is 6.54 Å². The zero-order valence-corrected chi connectivity index (χ0v) is 19.7. The first-order valence-electron chi connectivity index (χ1n) is 11.7. The van der Waals surface area contributed by atoms with E-state index in [2.05, 4.69) is 5.32 Å². The SMILES string of the molecule is O=C(COC(=O)c1cccc(CN2C(=O)c3ccccc3C2=O)c1)Nc1ccccc1-c1ccccc1. The third-order valence-electron chi connectivity index (χ3n) is 6.00. The molecule has 0 aromatic heterocycles. The average molecular weight is 491 g/mol. The number of imide groups is 1. The summed E-state index contributed by atoms with van der Waals surface area (Å²) in [6.07, 6.45) is 0. The van der Waals surface area contributed by atoms with Gasteiger partial charge in [-0.2, -0.15) is 0 Å². The predicted octanol–water partition coefficient (Wildman–Crippen LogP) is 4.95. The van der Waals surface area contributed by atoms with Crippen LogP contribution in [0.3, 0.4) is 0 Å². The highest BCUT2D eigenvalue weighted by Gasteiger charge is 2.35. The number of hydrogen-bond donors (Lipinski definition) is 1. The molecule has 4 aromatic rings. The summed E-state index contributed by atoms with van der Waals surface area (Å²) >= 11 is 0. The minimum absolute atomic E-state index is 0.0181. The maximum absolute atomic E-state index is 12.6. The van der Waals surface area contributed by atoms with Crippen LogP contribution in [0.5, 0.6) is 0 Å². The average Bonchev–Trinajstić information content (AvgIpc) is 3.17. The monoisotopic (exact) mass is 490 g/mol. The first kappa shape index (κ1) is 23.7. The summed E-state index contributed by atoms with van der Waals surface area (Å²) < 4.78 is 5.23. The molecule has 1 aliphatic heterocycles. The Balaban J connectivity index is 1.21. The number of rotatable bonds is 7. The zero-order chi connectivity index (χ0) is 25.8. The summed E-state index contributed by atoms with van der Waals surface area (Å²) in [5.41, 5.74) is 3.94. The Morgan fingerprint density at radius 1 is 0.703 bits per heavy atom. The quantitative estimate of drug-likeness (QED) is 0.292. The summed E-state index contributed by atoms with van der Waals surface area (Å²) in [5.74, 6) is -1.91. The number of anilines is 1. The second-order valence-electron chi connectivity index (χ2n) is 8.48. The van der Waals surface area contributed by atoms with E-state index in [1.807, 2.05) is 48.5 Å². The van der Waals surface area contributed by atoms with Crippen LogP contribution in [0.2, 0.25) is 0 Å². The molecule has 4 aromatic carbocycles. The smallest absolute Gasteiger partial charge is 0.338 e. The number of ether oxygens (including phenoxy) is 1. The molecule has 0 saturated carbocycles. The molecule has 7 nitrogen and oxygen atoms in total. The molecule has 0 saturated heterocycles. The molecule has 182 valence electrons. The van der Waals surface area contributed by atoms with Crippen molar-refractivity contribution in [3.63, 3.8) is 0 Å². The van der Waals surface area contributed by atoms with E-state index in [4.69, 9.17) is 4.74 Å². The molecule has 0 aliphatic carbocycles. The Hall–Kier alpha value is -5.04. The second kappa shape index (κ2) is 10.3. The van der Waals surface area contributed by atoms with E-state index in [0.717, 1.165) is 16.0 Å². The third kappa shape index (κ3) is 5.01. The highest BCUT2D eigenvalue weighted by atomic mass is 16.5. The van der Waals surface area contributed by atoms with Crippen LogP contribution >= 0.6 is 0 Å². The van der Waals surface area contributed by atoms with Crippen molar-refractivity contribution in [3.8, 4) is 11.1 Å². The maximum atomic E-state index is 12.6. The number of esters is 1. The minimum Gasteiger partial charge on any atom is -0.452 e. The van der Waals surface area contributed by atoms with Gasteiger partial charge in [-0.15, -0.1) is 0 Å². The molecule has 1 heterocycles. The topological polar surface area (TPSA) is 92.8 Å². The molecule has 3 amide bonds. The predicted molar refractivity (Wildman–Crippen MR) is 138 cm³/mol. The van der Waals surface area contributed by atoms with Crippen molar-refractivity contribution < 1.29 is 23.9 Å². The van der Waals surface area contributed by atoms with E-state index in [0.29, 0.717) is 22.4 Å². The number of amides is 3. The Kier molecular flexibility index (Phi) is 6.59. The van der Waals surface area contributed by atoms with Crippen LogP contribution in [0.4, 0.5) is 5.69 Å². The van der Waals surface area contributed by atoms with Gasteiger partial charge in [-0.05, 0) is 41.5 Å². The molecule has 1 N–H and O–H groups in total. The lowest BCUT2D eigenvalue weighted by Gasteiger charge is -2.14. The number of fused-ring (bicyclic) bond motifs is 1.